The molecule has 0 saturated carbocycles. The maximum Gasteiger partial charge on any atom is 0.303 e. The van der Waals surface area contributed by atoms with Gasteiger partial charge in [-0.05, 0) is 13.0 Å². The molecule has 0 aromatic rings. The Labute approximate surface area is 71.0 Å². The van der Waals surface area contributed by atoms with Gasteiger partial charge < -0.3 is 5.11 Å². The first-order valence-corrected chi connectivity index (χ1v) is 3.97. The number of hydrogen-bond acceptors (Lipinski definition) is 4. The molecule has 0 aliphatic carbocycles. The summed E-state index contributed by atoms with van der Waals surface area (Å²) in [7, 11) is 0. The van der Waals surface area contributed by atoms with Crippen molar-refractivity contribution in [1.29, 1.82) is 0 Å². The number of carbonyl (C=O) groups is 1. The Balaban J connectivity index is 2.98. The van der Waals surface area contributed by atoms with Crippen LogP contribution in [0, 0.1) is 0 Å². The van der Waals surface area contributed by atoms with Gasteiger partial charge in [0.25, 0.3) is 0 Å². The molecule has 0 aromatic carbocycles. The summed E-state index contributed by atoms with van der Waals surface area (Å²) in [5, 5.41) is 11.1. The van der Waals surface area contributed by atoms with Gasteiger partial charge in [-0.3, -0.25) is 10.1 Å². The van der Waals surface area contributed by atoms with E-state index in [1.165, 1.54) is 0 Å². The summed E-state index contributed by atoms with van der Waals surface area (Å²) in [5.74, 6) is -0.767. The van der Waals surface area contributed by atoms with E-state index in [9.17, 15) is 4.79 Å². The zero-order valence-electron chi connectivity index (χ0n) is 5.45. The first-order chi connectivity index (χ1) is 4.63. The number of carboxylic acids is 1. The molecule has 0 aromatic heterocycles. The van der Waals surface area contributed by atoms with E-state index in [4.69, 9.17) is 5.11 Å². The zero-order chi connectivity index (χ0) is 7.98. The first-order valence-electron chi connectivity index (χ1n) is 2.94. The Bertz CT molecular complexity index is 108. The van der Waals surface area contributed by atoms with Crippen LogP contribution >= 0.6 is 25.3 Å². The first kappa shape index (κ1) is 10.1. The average molecular weight is 181 g/mol. The Morgan fingerprint density at radius 3 is 2.60 bits per heavy atom. The molecule has 0 aliphatic rings. The lowest BCUT2D eigenvalue weighted by Gasteiger charge is -2.03. The van der Waals surface area contributed by atoms with Crippen molar-refractivity contribution in [3.63, 3.8) is 0 Å². The lowest BCUT2D eigenvalue weighted by atomic mass is 10.3. The highest BCUT2D eigenvalue weighted by molar-refractivity contribution is 7.99. The van der Waals surface area contributed by atoms with E-state index in [0.29, 0.717) is 13.0 Å². The molecule has 5 heteroatoms. The number of carboxylic acid groups (broad SMARTS) is 1. The van der Waals surface area contributed by atoms with Crippen LogP contribution in [0.5, 0.6) is 0 Å². The number of hydrogen-bond donors (Lipinski definition) is 4. The van der Waals surface area contributed by atoms with Gasteiger partial charge >= 0.3 is 5.97 Å². The van der Waals surface area contributed by atoms with Crippen LogP contribution in [0.4, 0.5) is 0 Å². The second kappa shape index (κ2) is 5.88. The monoisotopic (exact) mass is 181 g/mol. The van der Waals surface area contributed by atoms with Crippen LogP contribution in [0.1, 0.15) is 12.8 Å². The minimum Gasteiger partial charge on any atom is -0.481 e. The predicted molar refractivity (Wildman–Crippen MR) is 46.6 cm³/mol. The molecule has 0 atom stereocenters. The Kier molecular flexibility index (Phi) is 5.96. The predicted octanol–water partition coefficient (Wildman–Crippen LogP) is 0.584. The van der Waals surface area contributed by atoms with Gasteiger partial charge in [-0.2, -0.15) is 0 Å². The fourth-order valence-electron chi connectivity index (χ4n) is 0.471. The van der Waals surface area contributed by atoms with E-state index in [1.807, 2.05) is 0 Å². The fraction of sp³-hybridized carbons (Fsp3) is 0.800. The number of aliphatic carboxylic acids is 1. The minimum absolute atomic E-state index is 0.159. The molecular weight excluding hydrogens is 170 g/mol. The van der Waals surface area contributed by atoms with E-state index in [2.05, 4.69) is 30.6 Å². The molecule has 0 unspecified atom stereocenters. The molecule has 10 heavy (non-hydrogen) atoms. The van der Waals surface area contributed by atoms with Gasteiger partial charge in [-0.25, -0.2) is 0 Å². The van der Waals surface area contributed by atoms with Crippen molar-refractivity contribution in [3.05, 3.63) is 0 Å². The van der Waals surface area contributed by atoms with Crippen molar-refractivity contribution in [1.82, 2.24) is 5.32 Å². The molecule has 60 valence electrons. The van der Waals surface area contributed by atoms with Gasteiger partial charge in [0.15, 0.2) is 0 Å². The summed E-state index contributed by atoms with van der Waals surface area (Å²) in [6.45, 7) is 0.643. The van der Waals surface area contributed by atoms with Crippen molar-refractivity contribution < 1.29 is 9.90 Å². The van der Waals surface area contributed by atoms with Gasteiger partial charge in [0.2, 0.25) is 0 Å². The van der Waals surface area contributed by atoms with Crippen molar-refractivity contribution in [2.45, 2.75) is 17.5 Å². The average Bonchev–Trinajstić information content (AvgIpc) is 1.79. The van der Waals surface area contributed by atoms with Gasteiger partial charge in [0, 0.05) is 6.42 Å². The van der Waals surface area contributed by atoms with E-state index >= 15 is 0 Å². The number of thiol groups is 2. The molecule has 0 aliphatic heterocycles. The molecule has 0 fully saturated rings. The van der Waals surface area contributed by atoms with Gasteiger partial charge in [0.1, 0.15) is 0 Å². The van der Waals surface area contributed by atoms with Crippen LogP contribution in [0.15, 0.2) is 0 Å². The summed E-state index contributed by atoms with van der Waals surface area (Å²) in [6.07, 6.45) is 0.814. The number of nitrogens with one attached hydrogen (secondary N) is 1. The lowest BCUT2D eigenvalue weighted by Crippen LogP contribution is -2.20. The van der Waals surface area contributed by atoms with Gasteiger partial charge in [-0.15, -0.1) is 25.3 Å². The van der Waals surface area contributed by atoms with Crippen molar-refractivity contribution in [2.24, 2.45) is 0 Å². The largest absolute Gasteiger partial charge is 0.481 e. The molecule has 0 saturated heterocycles. The summed E-state index contributed by atoms with van der Waals surface area (Å²) < 4.78 is -0.159. The maximum absolute atomic E-state index is 9.98. The van der Waals surface area contributed by atoms with E-state index in [-0.39, 0.29) is 11.1 Å². The quantitative estimate of drug-likeness (QED) is 0.285. The van der Waals surface area contributed by atoms with E-state index in [0.717, 1.165) is 0 Å². The highest BCUT2D eigenvalue weighted by Crippen LogP contribution is 1.94. The van der Waals surface area contributed by atoms with Crippen LogP contribution in [-0.4, -0.2) is 22.3 Å². The lowest BCUT2D eigenvalue weighted by molar-refractivity contribution is -0.137. The Morgan fingerprint density at radius 1 is 1.60 bits per heavy atom. The summed E-state index contributed by atoms with van der Waals surface area (Å²) in [6, 6.07) is 0. The Morgan fingerprint density at radius 2 is 2.20 bits per heavy atom. The molecule has 3 nitrogen and oxygen atoms in total. The van der Waals surface area contributed by atoms with Crippen molar-refractivity contribution in [3.8, 4) is 0 Å². The van der Waals surface area contributed by atoms with E-state index < -0.39 is 5.97 Å². The van der Waals surface area contributed by atoms with Crippen LogP contribution in [-0.2, 0) is 4.79 Å². The normalized spacial score (nSPS) is 10.3. The molecule has 0 rings (SSSR count). The molecule has 0 heterocycles. The second-order valence-corrected chi connectivity index (χ2v) is 3.27. The van der Waals surface area contributed by atoms with Crippen LogP contribution in [0.2, 0.25) is 0 Å². The maximum atomic E-state index is 9.98. The molecule has 0 bridgehead atoms. The van der Waals surface area contributed by atoms with Gasteiger partial charge in [-0.1, -0.05) is 0 Å². The van der Waals surface area contributed by atoms with Gasteiger partial charge in [0.05, 0.1) is 4.71 Å². The summed E-state index contributed by atoms with van der Waals surface area (Å²) in [5.41, 5.74) is 0. The SMILES string of the molecule is O=C(O)CCCNC(S)S. The van der Waals surface area contributed by atoms with Crippen LogP contribution < -0.4 is 5.32 Å². The second-order valence-electron chi connectivity index (χ2n) is 1.83. The third-order valence-electron chi connectivity index (χ3n) is 0.894. The Hall–Kier alpha value is 0.130. The third kappa shape index (κ3) is 8.13. The standard InChI is InChI=1S/C5H11NO2S2/c7-4(8)2-1-3-6-5(9)10/h5-6,9-10H,1-3H2,(H,7,8). The molecular formula is C5H11NO2S2. The fourth-order valence-corrected chi connectivity index (χ4v) is 0.729. The summed E-state index contributed by atoms with van der Waals surface area (Å²) >= 11 is 7.86. The molecule has 0 amide bonds. The van der Waals surface area contributed by atoms with E-state index in [1.54, 1.807) is 0 Å². The molecule has 0 radical (unpaired) electrons. The molecule has 0 spiro atoms. The highest BCUT2D eigenvalue weighted by Gasteiger charge is 1.96. The number of rotatable bonds is 5. The molecule has 2 N–H and O–H groups in total. The van der Waals surface area contributed by atoms with Crippen molar-refractivity contribution in [2.75, 3.05) is 6.54 Å². The minimum atomic E-state index is -0.767. The summed E-state index contributed by atoms with van der Waals surface area (Å²) in [4.78, 5) is 9.98. The van der Waals surface area contributed by atoms with Crippen molar-refractivity contribution >= 4 is 31.2 Å². The highest BCUT2D eigenvalue weighted by atomic mass is 32.2. The van der Waals surface area contributed by atoms with Crippen LogP contribution in [0.25, 0.3) is 0 Å². The third-order valence-corrected chi connectivity index (χ3v) is 1.26. The van der Waals surface area contributed by atoms with Crippen LogP contribution in [0.3, 0.4) is 0 Å². The zero-order valence-corrected chi connectivity index (χ0v) is 7.24. The topological polar surface area (TPSA) is 49.3 Å². The smallest absolute Gasteiger partial charge is 0.303 e.